The molecule has 0 saturated heterocycles. The average Bonchev–Trinajstić information content (AvgIpc) is 2.52. The van der Waals surface area contributed by atoms with Crippen LogP contribution in [0.1, 0.15) is 20.9 Å². The highest BCUT2D eigenvalue weighted by Crippen LogP contribution is 2.34. The molecule has 0 saturated carbocycles. The van der Waals surface area contributed by atoms with Crippen molar-refractivity contribution in [2.45, 2.75) is 13.8 Å². The van der Waals surface area contributed by atoms with Gasteiger partial charge in [0.2, 0.25) is 0 Å². The first-order valence-electron chi connectivity index (χ1n) is 4.79. The van der Waals surface area contributed by atoms with Crippen molar-refractivity contribution in [3.63, 3.8) is 0 Å². The molecule has 2 heterocycles. The first kappa shape index (κ1) is 10.9. The minimum Gasteiger partial charge on any atom is -0.465 e. The lowest BCUT2D eigenvalue weighted by atomic mass is 10.1. The first-order chi connectivity index (χ1) is 7.54. The van der Waals surface area contributed by atoms with Crippen molar-refractivity contribution in [1.82, 2.24) is 4.98 Å². The maximum atomic E-state index is 11.6. The summed E-state index contributed by atoms with van der Waals surface area (Å²) in [5.41, 5.74) is 7.84. The third kappa shape index (κ3) is 1.53. The Hall–Kier alpha value is -1.62. The lowest BCUT2D eigenvalue weighted by Gasteiger charge is -2.03. The van der Waals surface area contributed by atoms with Crippen LogP contribution in [0, 0.1) is 13.8 Å². The van der Waals surface area contributed by atoms with Crippen LogP contribution in [0.15, 0.2) is 6.07 Å². The zero-order valence-electron chi connectivity index (χ0n) is 9.33. The molecule has 16 heavy (non-hydrogen) atoms. The number of nitrogens with zero attached hydrogens (tertiary/aromatic N) is 1. The maximum absolute atomic E-state index is 11.6. The summed E-state index contributed by atoms with van der Waals surface area (Å²) in [4.78, 5) is 17.8. The Labute approximate surface area is 97.0 Å². The Morgan fingerprint density at radius 1 is 1.50 bits per heavy atom. The molecule has 84 valence electrons. The SMILES string of the molecule is COC(=O)c1cc(C)nc2sc(C)c(N)c12. The third-order valence-corrected chi connectivity index (χ3v) is 3.43. The van der Waals surface area contributed by atoms with Crippen molar-refractivity contribution < 1.29 is 9.53 Å². The molecular formula is C11H12N2O2S. The number of nitrogens with two attached hydrogens (primary N) is 1. The Kier molecular flexibility index (Phi) is 2.55. The van der Waals surface area contributed by atoms with Gasteiger partial charge in [0.25, 0.3) is 0 Å². The summed E-state index contributed by atoms with van der Waals surface area (Å²) < 4.78 is 4.75. The number of carbonyl (C=O) groups is 1. The first-order valence-corrected chi connectivity index (χ1v) is 5.60. The number of carbonyl (C=O) groups excluding carboxylic acids is 1. The van der Waals surface area contributed by atoms with Crippen molar-refractivity contribution in [2.24, 2.45) is 0 Å². The van der Waals surface area contributed by atoms with E-state index in [4.69, 9.17) is 10.5 Å². The molecule has 0 unspecified atom stereocenters. The molecule has 2 aromatic rings. The minimum atomic E-state index is -0.375. The number of anilines is 1. The lowest BCUT2D eigenvalue weighted by Crippen LogP contribution is -2.04. The molecule has 0 amide bonds. The summed E-state index contributed by atoms with van der Waals surface area (Å²) in [6, 6.07) is 1.71. The predicted octanol–water partition coefficient (Wildman–Crippen LogP) is 2.28. The number of fused-ring (bicyclic) bond motifs is 1. The molecule has 0 aromatic carbocycles. The number of ether oxygens (including phenoxy) is 1. The molecule has 0 bridgehead atoms. The van der Waals surface area contributed by atoms with Crippen molar-refractivity contribution >= 4 is 33.2 Å². The van der Waals surface area contributed by atoms with Crippen molar-refractivity contribution in [3.8, 4) is 0 Å². The third-order valence-electron chi connectivity index (χ3n) is 2.42. The molecule has 2 N–H and O–H groups in total. The van der Waals surface area contributed by atoms with Gasteiger partial charge in [-0.25, -0.2) is 9.78 Å². The van der Waals surface area contributed by atoms with Crippen LogP contribution >= 0.6 is 11.3 Å². The van der Waals surface area contributed by atoms with Crippen LogP contribution in [0.2, 0.25) is 0 Å². The largest absolute Gasteiger partial charge is 0.465 e. The van der Waals surface area contributed by atoms with Gasteiger partial charge in [-0.1, -0.05) is 0 Å². The van der Waals surface area contributed by atoms with Gasteiger partial charge in [0.05, 0.1) is 18.4 Å². The second-order valence-corrected chi connectivity index (χ2v) is 4.76. The highest BCUT2D eigenvalue weighted by molar-refractivity contribution is 7.19. The molecule has 0 aliphatic heterocycles. The Morgan fingerprint density at radius 3 is 2.81 bits per heavy atom. The standard InChI is InChI=1S/C11H12N2O2S/c1-5-4-7(11(14)15-3)8-9(12)6(2)16-10(8)13-5/h4H,12H2,1-3H3. The van der Waals surface area contributed by atoms with E-state index in [9.17, 15) is 4.79 Å². The minimum absolute atomic E-state index is 0.375. The fourth-order valence-corrected chi connectivity index (χ4v) is 2.64. The van der Waals surface area contributed by atoms with Gasteiger partial charge >= 0.3 is 5.97 Å². The van der Waals surface area contributed by atoms with E-state index in [1.807, 2.05) is 13.8 Å². The number of hydrogen-bond acceptors (Lipinski definition) is 5. The van der Waals surface area contributed by atoms with Gasteiger partial charge in [-0.2, -0.15) is 0 Å². The van der Waals surface area contributed by atoms with Gasteiger partial charge in [0.15, 0.2) is 0 Å². The summed E-state index contributed by atoms with van der Waals surface area (Å²) in [5.74, 6) is -0.375. The number of aromatic nitrogens is 1. The number of aryl methyl sites for hydroxylation is 2. The van der Waals surface area contributed by atoms with E-state index in [0.29, 0.717) is 16.6 Å². The Bertz CT molecular complexity index is 575. The zero-order chi connectivity index (χ0) is 11.9. The van der Waals surface area contributed by atoms with Crippen LogP contribution in [0.3, 0.4) is 0 Å². The number of hydrogen-bond donors (Lipinski definition) is 1. The fraction of sp³-hybridized carbons (Fsp3) is 0.273. The van der Waals surface area contributed by atoms with Gasteiger partial charge in [-0.05, 0) is 19.9 Å². The second kappa shape index (κ2) is 3.75. The molecule has 0 aliphatic carbocycles. The highest BCUT2D eigenvalue weighted by Gasteiger charge is 2.17. The molecule has 0 spiro atoms. The Balaban J connectivity index is 2.85. The van der Waals surface area contributed by atoms with Crippen LogP contribution in [-0.2, 0) is 4.74 Å². The molecular weight excluding hydrogens is 224 g/mol. The quantitative estimate of drug-likeness (QED) is 0.771. The smallest absolute Gasteiger partial charge is 0.338 e. The van der Waals surface area contributed by atoms with Crippen molar-refractivity contribution in [3.05, 3.63) is 22.2 Å². The van der Waals surface area contributed by atoms with E-state index in [1.54, 1.807) is 6.07 Å². The summed E-state index contributed by atoms with van der Waals surface area (Å²) >= 11 is 1.49. The van der Waals surface area contributed by atoms with E-state index < -0.39 is 0 Å². The van der Waals surface area contributed by atoms with Gasteiger partial charge < -0.3 is 10.5 Å². The number of nitrogen functional groups attached to an aromatic ring is 1. The van der Waals surface area contributed by atoms with E-state index in [0.717, 1.165) is 15.4 Å². The van der Waals surface area contributed by atoms with Crippen LogP contribution in [0.25, 0.3) is 10.2 Å². The molecule has 2 rings (SSSR count). The van der Waals surface area contributed by atoms with Crippen molar-refractivity contribution in [1.29, 1.82) is 0 Å². The van der Waals surface area contributed by atoms with E-state index >= 15 is 0 Å². The summed E-state index contributed by atoms with van der Waals surface area (Å²) in [6.07, 6.45) is 0. The average molecular weight is 236 g/mol. The molecule has 0 aliphatic rings. The molecule has 4 nitrogen and oxygen atoms in total. The lowest BCUT2D eigenvalue weighted by molar-refractivity contribution is 0.0603. The number of methoxy groups -OCH3 is 1. The summed E-state index contributed by atoms with van der Waals surface area (Å²) in [7, 11) is 1.36. The van der Waals surface area contributed by atoms with Crippen LogP contribution in [0.4, 0.5) is 5.69 Å². The highest BCUT2D eigenvalue weighted by atomic mass is 32.1. The van der Waals surface area contributed by atoms with Crippen molar-refractivity contribution in [2.75, 3.05) is 12.8 Å². The van der Waals surface area contributed by atoms with Gasteiger partial charge in [0, 0.05) is 16.0 Å². The monoisotopic (exact) mass is 236 g/mol. The van der Waals surface area contributed by atoms with E-state index in [1.165, 1.54) is 18.4 Å². The molecule has 0 radical (unpaired) electrons. The number of thiophene rings is 1. The molecule has 0 fully saturated rings. The van der Waals surface area contributed by atoms with Crippen LogP contribution in [0.5, 0.6) is 0 Å². The van der Waals surface area contributed by atoms with E-state index in [2.05, 4.69) is 4.98 Å². The zero-order valence-corrected chi connectivity index (χ0v) is 10.1. The predicted molar refractivity (Wildman–Crippen MR) is 64.8 cm³/mol. The van der Waals surface area contributed by atoms with E-state index in [-0.39, 0.29) is 5.97 Å². The molecule has 5 heteroatoms. The van der Waals surface area contributed by atoms with Crippen LogP contribution < -0.4 is 5.73 Å². The summed E-state index contributed by atoms with van der Waals surface area (Å²) in [6.45, 7) is 3.76. The maximum Gasteiger partial charge on any atom is 0.338 e. The Morgan fingerprint density at radius 2 is 2.19 bits per heavy atom. The topological polar surface area (TPSA) is 65.2 Å². The van der Waals surface area contributed by atoms with Gasteiger partial charge in [-0.15, -0.1) is 11.3 Å². The second-order valence-electron chi connectivity index (χ2n) is 3.55. The van der Waals surface area contributed by atoms with Crippen LogP contribution in [-0.4, -0.2) is 18.1 Å². The molecule has 0 atom stereocenters. The van der Waals surface area contributed by atoms with Gasteiger partial charge in [-0.3, -0.25) is 0 Å². The van der Waals surface area contributed by atoms with Gasteiger partial charge in [0.1, 0.15) is 4.83 Å². The normalized spacial score (nSPS) is 10.7. The molecule has 2 aromatic heterocycles. The number of rotatable bonds is 1. The summed E-state index contributed by atoms with van der Waals surface area (Å²) in [5, 5.41) is 0.708. The number of esters is 1. The number of pyridine rings is 1. The fourth-order valence-electron chi connectivity index (χ4n) is 1.63.